The van der Waals surface area contributed by atoms with Crippen LogP contribution in [0.2, 0.25) is 0 Å². The van der Waals surface area contributed by atoms with E-state index in [0.717, 1.165) is 26.3 Å². The molecule has 1 unspecified atom stereocenters. The molecule has 0 spiro atoms. The summed E-state index contributed by atoms with van der Waals surface area (Å²) in [5.74, 6) is -0.0194. The fourth-order valence-electron chi connectivity index (χ4n) is 2.69. The molecule has 0 bridgehead atoms. The monoisotopic (exact) mass is 316 g/mol. The Kier molecular flexibility index (Phi) is 5.21. The lowest BCUT2D eigenvalue weighted by Crippen LogP contribution is -2.43. The van der Waals surface area contributed by atoms with E-state index >= 15 is 0 Å². The molecule has 0 saturated carbocycles. The van der Waals surface area contributed by atoms with Gasteiger partial charge in [0.15, 0.2) is 0 Å². The fraction of sp³-hybridized carbons (Fsp3) is 0.353. The maximum Gasteiger partial charge on any atom is 0.251 e. The molecule has 1 N–H and O–H groups in total. The second-order valence-electron chi connectivity index (χ2n) is 5.30. The van der Waals surface area contributed by atoms with Gasteiger partial charge >= 0.3 is 0 Å². The Bertz CT molecular complexity index is 580. The zero-order valence-electron chi connectivity index (χ0n) is 12.4. The third kappa shape index (κ3) is 3.74. The summed E-state index contributed by atoms with van der Waals surface area (Å²) in [4.78, 5) is 14.6. The van der Waals surface area contributed by atoms with Crippen LogP contribution in [0, 0.1) is 0 Å². The summed E-state index contributed by atoms with van der Waals surface area (Å²) in [5.41, 5.74) is 1.97. The number of rotatable bonds is 5. The van der Waals surface area contributed by atoms with E-state index in [1.165, 1.54) is 5.56 Å². The van der Waals surface area contributed by atoms with Crippen LogP contribution in [-0.2, 0) is 4.74 Å². The van der Waals surface area contributed by atoms with Crippen molar-refractivity contribution in [2.75, 3.05) is 32.8 Å². The number of ether oxygens (including phenoxy) is 1. The van der Waals surface area contributed by atoms with Crippen LogP contribution < -0.4 is 5.32 Å². The molecule has 1 aliphatic rings. The van der Waals surface area contributed by atoms with Gasteiger partial charge in [0.05, 0.1) is 19.3 Å². The topological polar surface area (TPSA) is 41.6 Å². The molecule has 1 aromatic carbocycles. The van der Waals surface area contributed by atoms with Crippen molar-refractivity contribution >= 4 is 17.2 Å². The predicted molar refractivity (Wildman–Crippen MR) is 88.2 cm³/mol. The van der Waals surface area contributed by atoms with Gasteiger partial charge in [0.2, 0.25) is 0 Å². The van der Waals surface area contributed by atoms with Gasteiger partial charge in [-0.3, -0.25) is 9.69 Å². The van der Waals surface area contributed by atoms with Crippen molar-refractivity contribution < 1.29 is 9.53 Å². The third-order valence-corrected chi connectivity index (χ3v) is 4.61. The Morgan fingerprint density at radius 2 is 2.00 bits per heavy atom. The fourth-order valence-corrected chi connectivity index (χ4v) is 3.40. The molecule has 1 saturated heterocycles. The smallest absolute Gasteiger partial charge is 0.251 e. The normalized spacial score (nSPS) is 17.1. The number of nitrogens with one attached hydrogen (secondary N) is 1. The number of amides is 1. The van der Waals surface area contributed by atoms with Crippen molar-refractivity contribution in [3.05, 3.63) is 58.3 Å². The average molecular weight is 316 g/mol. The first kappa shape index (κ1) is 15.2. The molecule has 2 aromatic rings. The van der Waals surface area contributed by atoms with E-state index in [2.05, 4.69) is 27.0 Å². The van der Waals surface area contributed by atoms with Crippen LogP contribution in [0.25, 0.3) is 0 Å². The van der Waals surface area contributed by atoms with Crippen LogP contribution in [-0.4, -0.2) is 43.7 Å². The van der Waals surface area contributed by atoms with E-state index in [-0.39, 0.29) is 11.9 Å². The van der Waals surface area contributed by atoms with Gasteiger partial charge in [-0.1, -0.05) is 18.2 Å². The minimum absolute atomic E-state index is 0.0194. The Labute approximate surface area is 134 Å². The van der Waals surface area contributed by atoms with Crippen LogP contribution in [0.1, 0.15) is 22.0 Å². The SMILES string of the molecule is O=C(NCC(c1ccsc1)N1CCOCC1)c1ccccc1. The molecule has 5 heteroatoms. The van der Waals surface area contributed by atoms with Crippen LogP contribution in [0.5, 0.6) is 0 Å². The van der Waals surface area contributed by atoms with Crippen LogP contribution in [0.3, 0.4) is 0 Å². The number of hydrogen-bond donors (Lipinski definition) is 1. The summed E-state index contributed by atoms with van der Waals surface area (Å²) >= 11 is 1.69. The summed E-state index contributed by atoms with van der Waals surface area (Å²) in [5, 5.41) is 7.31. The molecular formula is C17H20N2O2S. The standard InChI is InChI=1S/C17H20N2O2S/c20-17(14-4-2-1-3-5-14)18-12-16(15-6-11-22-13-15)19-7-9-21-10-8-19/h1-6,11,13,16H,7-10,12H2,(H,18,20). The van der Waals surface area contributed by atoms with Crippen LogP contribution >= 0.6 is 11.3 Å². The number of benzene rings is 1. The van der Waals surface area contributed by atoms with Crippen molar-refractivity contribution in [2.45, 2.75) is 6.04 Å². The van der Waals surface area contributed by atoms with E-state index in [0.29, 0.717) is 12.1 Å². The molecule has 1 aromatic heterocycles. The highest BCUT2D eigenvalue weighted by Crippen LogP contribution is 2.23. The van der Waals surface area contributed by atoms with Crippen molar-refractivity contribution in [1.82, 2.24) is 10.2 Å². The summed E-state index contributed by atoms with van der Waals surface area (Å²) in [6.45, 7) is 3.94. The molecule has 1 atom stereocenters. The maximum atomic E-state index is 12.2. The molecule has 1 fully saturated rings. The lowest BCUT2D eigenvalue weighted by molar-refractivity contribution is 0.0163. The molecular weight excluding hydrogens is 296 g/mol. The summed E-state index contributed by atoms with van der Waals surface area (Å²) in [6.07, 6.45) is 0. The molecule has 0 aliphatic carbocycles. The summed E-state index contributed by atoms with van der Waals surface area (Å²) in [7, 11) is 0. The second kappa shape index (κ2) is 7.54. The van der Waals surface area contributed by atoms with E-state index in [4.69, 9.17) is 4.74 Å². The van der Waals surface area contributed by atoms with E-state index in [1.807, 2.05) is 30.3 Å². The van der Waals surface area contributed by atoms with Crippen molar-refractivity contribution in [3.63, 3.8) is 0 Å². The maximum absolute atomic E-state index is 12.2. The highest BCUT2D eigenvalue weighted by molar-refractivity contribution is 7.07. The van der Waals surface area contributed by atoms with Crippen molar-refractivity contribution in [2.24, 2.45) is 0 Å². The molecule has 116 valence electrons. The minimum atomic E-state index is -0.0194. The molecule has 1 amide bonds. The number of carbonyl (C=O) groups is 1. The summed E-state index contributed by atoms with van der Waals surface area (Å²) < 4.78 is 5.44. The number of thiophene rings is 1. The number of carbonyl (C=O) groups excluding carboxylic acids is 1. The number of hydrogen-bond acceptors (Lipinski definition) is 4. The quantitative estimate of drug-likeness (QED) is 0.922. The van der Waals surface area contributed by atoms with Gasteiger partial charge in [0.1, 0.15) is 0 Å². The molecule has 22 heavy (non-hydrogen) atoms. The molecule has 3 rings (SSSR count). The number of morpholine rings is 1. The molecule has 2 heterocycles. The van der Waals surface area contributed by atoms with Gasteiger partial charge in [-0.25, -0.2) is 0 Å². The first-order valence-electron chi connectivity index (χ1n) is 7.52. The highest BCUT2D eigenvalue weighted by Gasteiger charge is 2.23. The van der Waals surface area contributed by atoms with E-state index in [9.17, 15) is 4.79 Å². The lowest BCUT2D eigenvalue weighted by Gasteiger charge is -2.34. The Balaban J connectivity index is 1.66. The first-order chi connectivity index (χ1) is 10.8. The Morgan fingerprint density at radius 1 is 1.23 bits per heavy atom. The second-order valence-corrected chi connectivity index (χ2v) is 6.08. The van der Waals surface area contributed by atoms with Crippen molar-refractivity contribution in [1.29, 1.82) is 0 Å². The van der Waals surface area contributed by atoms with Gasteiger partial charge < -0.3 is 10.1 Å². The Morgan fingerprint density at radius 3 is 2.68 bits per heavy atom. The predicted octanol–water partition coefficient (Wildman–Crippen LogP) is 2.55. The minimum Gasteiger partial charge on any atom is -0.379 e. The van der Waals surface area contributed by atoms with Gasteiger partial charge in [-0.2, -0.15) is 11.3 Å². The average Bonchev–Trinajstić information content (AvgIpc) is 3.11. The highest BCUT2D eigenvalue weighted by atomic mass is 32.1. The first-order valence-corrected chi connectivity index (χ1v) is 8.46. The van der Waals surface area contributed by atoms with Gasteiger partial charge in [0.25, 0.3) is 5.91 Å². The van der Waals surface area contributed by atoms with Gasteiger partial charge in [0, 0.05) is 25.2 Å². The Hall–Kier alpha value is -1.69. The largest absolute Gasteiger partial charge is 0.379 e. The zero-order chi connectivity index (χ0) is 15.2. The van der Waals surface area contributed by atoms with E-state index in [1.54, 1.807) is 11.3 Å². The summed E-state index contributed by atoms with van der Waals surface area (Å²) in [6, 6.07) is 11.7. The number of nitrogens with zero attached hydrogens (tertiary/aromatic N) is 1. The van der Waals surface area contributed by atoms with Crippen LogP contribution in [0.4, 0.5) is 0 Å². The van der Waals surface area contributed by atoms with Gasteiger partial charge in [-0.05, 0) is 34.5 Å². The molecule has 4 nitrogen and oxygen atoms in total. The van der Waals surface area contributed by atoms with Crippen molar-refractivity contribution in [3.8, 4) is 0 Å². The molecule has 0 radical (unpaired) electrons. The van der Waals surface area contributed by atoms with Gasteiger partial charge in [-0.15, -0.1) is 0 Å². The van der Waals surface area contributed by atoms with E-state index < -0.39 is 0 Å². The molecule has 1 aliphatic heterocycles. The lowest BCUT2D eigenvalue weighted by atomic mass is 10.1. The van der Waals surface area contributed by atoms with Crippen LogP contribution in [0.15, 0.2) is 47.2 Å². The third-order valence-electron chi connectivity index (χ3n) is 3.91. The zero-order valence-corrected chi connectivity index (χ0v) is 13.2.